The van der Waals surface area contributed by atoms with E-state index < -0.39 is 65.5 Å². The molecule has 2 unspecified atom stereocenters. The van der Waals surface area contributed by atoms with Crippen LogP contribution in [0.15, 0.2) is 0 Å². The van der Waals surface area contributed by atoms with Crippen LogP contribution >= 0.6 is 0 Å². The normalized spacial score (nSPS) is 15.1. The van der Waals surface area contributed by atoms with Gasteiger partial charge in [0.05, 0.1) is 0 Å². The molecule has 0 bridgehead atoms. The van der Waals surface area contributed by atoms with Crippen molar-refractivity contribution in [2.45, 2.75) is 138 Å². The number of halogens is 6. The summed E-state index contributed by atoms with van der Waals surface area (Å²) in [6, 6.07) is 0. The molecule has 0 radical (unpaired) electrons. The van der Waals surface area contributed by atoms with Gasteiger partial charge in [-0.25, -0.2) is 0 Å². The zero-order valence-corrected chi connectivity index (χ0v) is 23.9. The molecule has 0 amide bonds. The molecule has 0 spiro atoms. The Kier molecular flexibility index (Phi) is 17.8. The van der Waals surface area contributed by atoms with E-state index in [0.717, 1.165) is 65.2 Å². The molecule has 0 saturated carbocycles. The molecule has 0 aliphatic heterocycles. The van der Waals surface area contributed by atoms with E-state index >= 15 is 17.6 Å². The van der Waals surface area contributed by atoms with Crippen molar-refractivity contribution in [1.29, 1.82) is 0 Å². The first kappa shape index (κ1) is 33.3. The van der Waals surface area contributed by atoms with Gasteiger partial charge in [-0.2, -0.15) is 0 Å². The summed E-state index contributed by atoms with van der Waals surface area (Å²) in [4.78, 5) is 0. The van der Waals surface area contributed by atoms with Gasteiger partial charge in [-0.3, -0.25) is 0 Å². The van der Waals surface area contributed by atoms with Crippen molar-refractivity contribution in [1.82, 2.24) is 0 Å². The Bertz CT molecular complexity index is 440. The van der Waals surface area contributed by atoms with E-state index in [1.807, 2.05) is 0 Å². The third kappa shape index (κ3) is 10.1. The van der Waals surface area contributed by atoms with E-state index in [-0.39, 0.29) is 12.8 Å². The van der Waals surface area contributed by atoms with Crippen LogP contribution in [0.1, 0.15) is 118 Å². The minimum absolute atomic E-state index is 0.279. The van der Waals surface area contributed by atoms with Crippen molar-refractivity contribution in [2.24, 2.45) is 0 Å². The molecule has 0 saturated heterocycles. The first-order chi connectivity index (χ1) is 15.6. The zero-order chi connectivity index (χ0) is 25.4. The number of rotatable bonds is 22. The van der Waals surface area contributed by atoms with E-state index in [0.29, 0.717) is 12.8 Å². The summed E-state index contributed by atoms with van der Waals surface area (Å²) >= 11 is -7.01. The number of unbranched alkanes of at least 4 members (excludes halogenated alkanes) is 10. The van der Waals surface area contributed by atoms with Crippen LogP contribution in [0.3, 0.4) is 0 Å². The van der Waals surface area contributed by atoms with Crippen LogP contribution in [0.4, 0.5) is 26.3 Å². The molecule has 0 aromatic heterocycles. The van der Waals surface area contributed by atoms with Crippen molar-refractivity contribution in [3.05, 3.63) is 0 Å². The molecule has 0 fully saturated rings. The molecule has 0 heterocycles. The van der Waals surface area contributed by atoms with Gasteiger partial charge in [-0.15, -0.1) is 0 Å². The molecule has 33 heavy (non-hydrogen) atoms. The average molecular weight is 599 g/mol. The van der Waals surface area contributed by atoms with Crippen molar-refractivity contribution in [2.75, 3.05) is 13.2 Å². The topological polar surface area (TPSA) is 18.5 Å². The SMILES string of the molecule is CCCCCCCC[O][Sn]([O]CCCCCCCC)([C](F)(F)C(F)CC)[C](F)(F)C(F)CC. The molecule has 0 N–H and O–H groups in total. The van der Waals surface area contributed by atoms with E-state index in [2.05, 4.69) is 13.8 Å². The molecular weight excluding hydrogens is 553 g/mol. The van der Waals surface area contributed by atoms with Crippen LogP contribution in [0.2, 0.25) is 0 Å². The molecule has 2 atom stereocenters. The average Bonchev–Trinajstić information content (AvgIpc) is 2.79. The molecule has 0 aliphatic rings. The monoisotopic (exact) mass is 600 g/mol. The van der Waals surface area contributed by atoms with Crippen molar-refractivity contribution >= 4 is 19.2 Å². The number of alkyl halides is 6. The second kappa shape index (κ2) is 17.7. The standard InChI is InChI=1S/2C8H17O.2C4H6F3.Sn/c2*1-2-3-4-5-6-7-8-9;2*1-2-3(5)4(6)7;/h2*2-8H2,1H3;2*3H,2H2,1H3;/q2*-1;;;+2. The first-order valence-electron chi connectivity index (χ1n) is 12.9. The number of hydrogen-bond donors (Lipinski definition) is 0. The van der Waals surface area contributed by atoms with Gasteiger partial charge in [0.25, 0.3) is 0 Å². The Hall–Kier alpha value is 0.299. The summed E-state index contributed by atoms with van der Waals surface area (Å²) in [5.41, 5.74) is 0. The molecule has 2 nitrogen and oxygen atoms in total. The fraction of sp³-hybridized carbons (Fsp3) is 1.00. The van der Waals surface area contributed by atoms with Crippen LogP contribution in [0.5, 0.6) is 0 Å². The van der Waals surface area contributed by atoms with Gasteiger partial charge in [0.2, 0.25) is 0 Å². The van der Waals surface area contributed by atoms with Crippen LogP contribution < -0.4 is 0 Å². The maximum atomic E-state index is 15.3. The van der Waals surface area contributed by atoms with E-state index in [1.165, 1.54) is 0 Å². The fourth-order valence-corrected chi connectivity index (χ4v) is 13.5. The van der Waals surface area contributed by atoms with Crippen molar-refractivity contribution in [3.63, 3.8) is 0 Å². The van der Waals surface area contributed by atoms with Crippen LogP contribution in [0, 0.1) is 0 Å². The second-order valence-corrected chi connectivity index (χ2v) is 17.8. The van der Waals surface area contributed by atoms with Gasteiger partial charge in [-0.1, -0.05) is 0 Å². The zero-order valence-electron chi connectivity index (χ0n) is 21.1. The summed E-state index contributed by atoms with van der Waals surface area (Å²) < 4.78 is 91.5. The predicted octanol–water partition coefficient (Wildman–Crippen LogP) is 9.03. The van der Waals surface area contributed by atoms with Crippen molar-refractivity contribution in [3.8, 4) is 0 Å². The first-order valence-corrected chi connectivity index (χ1v) is 18.1. The van der Waals surface area contributed by atoms with Gasteiger partial charge >= 0.3 is 203 Å². The van der Waals surface area contributed by atoms with Crippen molar-refractivity contribution < 1.29 is 32.5 Å². The van der Waals surface area contributed by atoms with E-state index in [4.69, 9.17) is 6.15 Å². The van der Waals surface area contributed by atoms with Gasteiger partial charge in [0.1, 0.15) is 0 Å². The third-order valence-corrected chi connectivity index (χ3v) is 16.3. The summed E-state index contributed by atoms with van der Waals surface area (Å²) in [6.07, 6.45) is 2.41. The Balaban J connectivity index is 5.63. The molecule has 0 rings (SSSR count). The van der Waals surface area contributed by atoms with Gasteiger partial charge in [0, 0.05) is 0 Å². The Labute approximate surface area is 202 Å². The summed E-state index contributed by atoms with van der Waals surface area (Å²) in [5, 5.41) is 0. The van der Waals surface area contributed by atoms with Gasteiger partial charge in [0.15, 0.2) is 0 Å². The van der Waals surface area contributed by atoms with E-state index in [9.17, 15) is 8.78 Å². The van der Waals surface area contributed by atoms with Crippen LogP contribution in [0.25, 0.3) is 0 Å². The Morgan fingerprint density at radius 2 is 0.848 bits per heavy atom. The predicted molar refractivity (Wildman–Crippen MR) is 125 cm³/mol. The molecule has 0 aliphatic carbocycles. The third-order valence-electron chi connectivity index (χ3n) is 5.99. The van der Waals surface area contributed by atoms with E-state index in [1.54, 1.807) is 0 Å². The molecule has 9 heteroatoms. The van der Waals surface area contributed by atoms with Gasteiger partial charge in [-0.05, 0) is 0 Å². The number of hydrogen-bond acceptors (Lipinski definition) is 2. The Morgan fingerprint density at radius 1 is 0.545 bits per heavy atom. The summed E-state index contributed by atoms with van der Waals surface area (Å²) in [6.45, 7) is 5.63. The molecular formula is C24H46F6O2Sn. The molecule has 0 aromatic carbocycles. The van der Waals surface area contributed by atoms with Crippen LogP contribution in [-0.4, -0.2) is 52.6 Å². The molecule has 0 aromatic rings. The van der Waals surface area contributed by atoms with Crippen LogP contribution in [-0.2, 0) is 6.15 Å². The minimum atomic E-state index is -7.01. The quantitative estimate of drug-likeness (QED) is 0.0703. The Morgan fingerprint density at radius 3 is 1.15 bits per heavy atom. The summed E-state index contributed by atoms with van der Waals surface area (Å²) in [5.74, 6) is 0. The molecule has 200 valence electrons. The second-order valence-electron chi connectivity index (χ2n) is 8.85. The van der Waals surface area contributed by atoms with Gasteiger partial charge < -0.3 is 0 Å². The fourth-order valence-electron chi connectivity index (χ4n) is 3.77. The summed E-state index contributed by atoms with van der Waals surface area (Å²) in [7, 11) is 0. The maximum absolute atomic E-state index is 15.3.